The number of nitriles is 1. The lowest BCUT2D eigenvalue weighted by atomic mass is 10.2. The van der Waals surface area contributed by atoms with E-state index in [0.717, 1.165) is 4.47 Å². The molecule has 0 fully saturated rings. The molecule has 0 unspecified atom stereocenters. The van der Waals surface area contributed by atoms with Gasteiger partial charge in [-0.25, -0.2) is 13.1 Å². The molecule has 0 aliphatic heterocycles. The molecule has 0 heterocycles. The van der Waals surface area contributed by atoms with Crippen molar-refractivity contribution in [2.45, 2.75) is 4.90 Å². The van der Waals surface area contributed by atoms with Crippen LogP contribution in [0.2, 0.25) is 0 Å². The molecular weight excluding hydrogens is 382 g/mol. The Balaban J connectivity index is 1.95. The Morgan fingerprint density at radius 3 is 2.26 bits per heavy atom. The van der Waals surface area contributed by atoms with Gasteiger partial charge >= 0.3 is 0 Å². The van der Waals surface area contributed by atoms with Crippen LogP contribution in [0, 0.1) is 11.3 Å². The van der Waals surface area contributed by atoms with Gasteiger partial charge in [0.1, 0.15) is 0 Å². The van der Waals surface area contributed by atoms with Crippen LogP contribution in [0.3, 0.4) is 0 Å². The molecule has 0 saturated carbocycles. The van der Waals surface area contributed by atoms with Gasteiger partial charge in [0.25, 0.3) is 0 Å². The number of nitrogens with one attached hydrogen (secondary N) is 2. The summed E-state index contributed by atoms with van der Waals surface area (Å²) in [6, 6.07) is 14.3. The third-order valence-corrected chi connectivity index (χ3v) is 4.79. The van der Waals surface area contributed by atoms with Crippen molar-refractivity contribution < 1.29 is 13.2 Å². The number of benzene rings is 2. The number of hydrogen-bond donors (Lipinski definition) is 2. The average Bonchev–Trinajstić information content (AvgIpc) is 2.54. The monoisotopic (exact) mass is 393 g/mol. The molecule has 0 aliphatic carbocycles. The van der Waals surface area contributed by atoms with E-state index < -0.39 is 22.5 Å². The predicted octanol–water partition coefficient (Wildman–Crippen LogP) is 2.24. The van der Waals surface area contributed by atoms with Gasteiger partial charge in [-0.15, -0.1) is 0 Å². The molecule has 0 atom stereocenters. The van der Waals surface area contributed by atoms with Crippen molar-refractivity contribution in [2.24, 2.45) is 0 Å². The molecule has 0 bridgehead atoms. The molecule has 2 N–H and O–H groups in total. The minimum atomic E-state index is -3.75. The summed E-state index contributed by atoms with van der Waals surface area (Å²) in [6.07, 6.45) is 0. The van der Waals surface area contributed by atoms with Crippen molar-refractivity contribution in [3.8, 4) is 6.07 Å². The zero-order chi connectivity index (χ0) is 16.9. The summed E-state index contributed by atoms with van der Waals surface area (Å²) in [4.78, 5) is 11.9. The predicted molar refractivity (Wildman–Crippen MR) is 89.1 cm³/mol. The highest BCUT2D eigenvalue weighted by Gasteiger charge is 2.15. The highest BCUT2D eigenvalue weighted by Crippen LogP contribution is 2.14. The van der Waals surface area contributed by atoms with Gasteiger partial charge < -0.3 is 5.32 Å². The van der Waals surface area contributed by atoms with E-state index in [9.17, 15) is 13.2 Å². The summed E-state index contributed by atoms with van der Waals surface area (Å²) in [6.45, 7) is -0.390. The summed E-state index contributed by atoms with van der Waals surface area (Å²) >= 11 is 3.22. The van der Waals surface area contributed by atoms with Crippen molar-refractivity contribution in [1.82, 2.24) is 4.72 Å². The van der Waals surface area contributed by atoms with Crippen LogP contribution in [0.4, 0.5) is 5.69 Å². The number of amides is 1. The molecule has 2 aromatic carbocycles. The topological polar surface area (TPSA) is 99.1 Å². The van der Waals surface area contributed by atoms with Gasteiger partial charge in [0.2, 0.25) is 15.9 Å². The zero-order valence-electron chi connectivity index (χ0n) is 11.8. The number of halogens is 1. The van der Waals surface area contributed by atoms with Crippen molar-refractivity contribution in [1.29, 1.82) is 5.26 Å². The third-order valence-electron chi connectivity index (χ3n) is 2.84. The van der Waals surface area contributed by atoms with E-state index in [2.05, 4.69) is 26.0 Å². The van der Waals surface area contributed by atoms with Crippen LogP contribution < -0.4 is 10.0 Å². The summed E-state index contributed by atoms with van der Waals surface area (Å²) in [5.41, 5.74) is 0.954. The Labute approximate surface area is 142 Å². The van der Waals surface area contributed by atoms with E-state index >= 15 is 0 Å². The first-order valence-electron chi connectivity index (χ1n) is 6.46. The number of anilines is 1. The van der Waals surface area contributed by atoms with Crippen molar-refractivity contribution in [3.05, 3.63) is 58.6 Å². The number of carbonyl (C=O) groups is 1. The first kappa shape index (κ1) is 17.1. The lowest BCUT2D eigenvalue weighted by Gasteiger charge is -2.08. The standard InChI is InChI=1S/C15H12BrN3O3S/c16-12-3-7-14(8-4-12)23(21,22)18-10-15(20)19-13-5-1-11(9-17)2-6-13/h1-8,18H,10H2,(H,19,20). The number of nitrogens with zero attached hydrogens (tertiary/aromatic N) is 1. The van der Waals surface area contributed by atoms with Crippen LogP contribution in [0.15, 0.2) is 57.9 Å². The van der Waals surface area contributed by atoms with Gasteiger partial charge in [-0.1, -0.05) is 15.9 Å². The minimum absolute atomic E-state index is 0.0758. The molecule has 2 rings (SSSR count). The van der Waals surface area contributed by atoms with E-state index in [1.807, 2.05) is 6.07 Å². The van der Waals surface area contributed by atoms with Crippen LogP contribution >= 0.6 is 15.9 Å². The first-order valence-corrected chi connectivity index (χ1v) is 8.73. The molecule has 0 aliphatic rings. The SMILES string of the molecule is N#Cc1ccc(NC(=O)CNS(=O)(=O)c2ccc(Br)cc2)cc1. The van der Waals surface area contributed by atoms with E-state index in [4.69, 9.17) is 5.26 Å². The van der Waals surface area contributed by atoms with E-state index in [1.165, 1.54) is 12.1 Å². The second-order valence-corrected chi connectivity index (χ2v) is 7.20. The van der Waals surface area contributed by atoms with Gasteiger partial charge in [0.05, 0.1) is 23.1 Å². The van der Waals surface area contributed by atoms with E-state index in [1.54, 1.807) is 36.4 Å². The lowest BCUT2D eigenvalue weighted by molar-refractivity contribution is -0.115. The molecule has 0 spiro atoms. The number of carbonyl (C=O) groups excluding carboxylic acids is 1. The Hall–Kier alpha value is -2.21. The van der Waals surface area contributed by atoms with Crippen molar-refractivity contribution in [3.63, 3.8) is 0 Å². The van der Waals surface area contributed by atoms with Gasteiger partial charge in [0, 0.05) is 10.2 Å². The fourth-order valence-electron chi connectivity index (χ4n) is 1.69. The Kier molecular flexibility index (Phi) is 5.50. The highest BCUT2D eigenvalue weighted by molar-refractivity contribution is 9.10. The molecular formula is C15H12BrN3O3S. The summed E-state index contributed by atoms with van der Waals surface area (Å²) in [5.74, 6) is -0.504. The van der Waals surface area contributed by atoms with Gasteiger partial charge in [-0.2, -0.15) is 5.26 Å². The Bertz CT molecular complexity index is 841. The number of rotatable bonds is 5. The van der Waals surface area contributed by atoms with E-state index in [-0.39, 0.29) is 4.90 Å². The van der Waals surface area contributed by atoms with E-state index in [0.29, 0.717) is 11.3 Å². The number of hydrogen-bond acceptors (Lipinski definition) is 4. The average molecular weight is 394 g/mol. The molecule has 2 aromatic rings. The first-order chi connectivity index (χ1) is 10.9. The van der Waals surface area contributed by atoms with Crippen molar-refractivity contribution >= 4 is 37.5 Å². The van der Waals surface area contributed by atoms with Gasteiger partial charge in [0.15, 0.2) is 0 Å². The number of sulfonamides is 1. The zero-order valence-corrected chi connectivity index (χ0v) is 14.2. The molecule has 1 amide bonds. The minimum Gasteiger partial charge on any atom is -0.325 e. The molecule has 0 radical (unpaired) electrons. The second-order valence-electron chi connectivity index (χ2n) is 4.52. The molecule has 118 valence electrons. The molecule has 23 heavy (non-hydrogen) atoms. The maximum Gasteiger partial charge on any atom is 0.241 e. The molecule has 6 nitrogen and oxygen atoms in total. The van der Waals surface area contributed by atoms with Crippen molar-refractivity contribution in [2.75, 3.05) is 11.9 Å². The fourth-order valence-corrected chi connectivity index (χ4v) is 2.94. The summed E-state index contributed by atoms with van der Waals surface area (Å²) in [7, 11) is -3.75. The summed E-state index contributed by atoms with van der Waals surface area (Å²) in [5, 5.41) is 11.2. The van der Waals surface area contributed by atoms with Crippen LogP contribution in [0.1, 0.15) is 5.56 Å². The van der Waals surface area contributed by atoms with Crippen LogP contribution in [0.25, 0.3) is 0 Å². The maximum absolute atomic E-state index is 12.0. The quantitative estimate of drug-likeness (QED) is 0.813. The van der Waals surface area contributed by atoms with Crippen LogP contribution in [-0.4, -0.2) is 20.9 Å². The summed E-state index contributed by atoms with van der Waals surface area (Å²) < 4.78 is 27.1. The third kappa shape index (κ3) is 4.89. The van der Waals surface area contributed by atoms with Gasteiger partial charge in [-0.05, 0) is 48.5 Å². The molecule has 0 aromatic heterocycles. The maximum atomic E-state index is 12.0. The highest BCUT2D eigenvalue weighted by atomic mass is 79.9. The fraction of sp³-hybridized carbons (Fsp3) is 0.0667. The second kappa shape index (κ2) is 7.37. The molecule has 8 heteroatoms. The van der Waals surface area contributed by atoms with Crippen LogP contribution in [-0.2, 0) is 14.8 Å². The Morgan fingerprint density at radius 2 is 1.70 bits per heavy atom. The Morgan fingerprint density at radius 1 is 1.09 bits per heavy atom. The van der Waals surface area contributed by atoms with Crippen LogP contribution in [0.5, 0.6) is 0 Å². The lowest BCUT2D eigenvalue weighted by Crippen LogP contribution is -2.32. The largest absolute Gasteiger partial charge is 0.325 e. The normalized spacial score (nSPS) is 10.8. The smallest absolute Gasteiger partial charge is 0.241 e. The molecule has 0 saturated heterocycles. The van der Waals surface area contributed by atoms with Gasteiger partial charge in [-0.3, -0.25) is 4.79 Å².